The van der Waals surface area contributed by atoms with Crippen molar-refractivity contribution in [1.82, 2.24) is 20.0 Å². The number of rotatable bonds is 8. The van der Waals surface area contributed by atoms with Gasteiger partial charge in [0.05, 0.1) is 0 Å². The zero-order valence-corrected chi connectivity index (χ0v) is 20.8. The number of fused-ring (bicyclic) bond motifs is 1. The van der Waals surface area contributed by atoms with E-state index in [1.165, 1.54) is 51.6 Å². The lowest BCUT2D eigenvalue weighted by molar-refractivity contribution is -0.136. The van der Waals surface area contributed by atoms with Gasteiger partial charge in [0.1, 0.15) is 6.04 Å². The Labute approximate surface area is 208 Å². The molecule has 3 heterocycles. The molecule has 1 aromatic rings. The molecule has 3 aliphatic heterocycles. The van der Waals surface area contributed by atoms with E-state index in [2.05, 4.69) is 20.4 Å². The van der Waals surface area contributed by atoms with Crippen LogP contribution >= 0.6 is 0 Å². The summed E-state index contributed by atoms with van der Waals surface area (Å²) >= 11 is 0. The van der Waals surface area contributed by atoms with Crippen LogP contribution < -0.4 is 10.6 Å². The maximum atomic E-state index is 13.0. The average molecular weight is 482 g/mol. The molecule has 2 saturated heterocycles. The molecule has 3 fully saturated rings. The smallest absolute Gasteiger partial charge is 0.255 e. The Morgan fingerprint density at radius 1 is 0.914 bits per heavy atom. The summed E-state index contributed by atoms with van der Waals surface area (Å²) in [6.07, 6.45) is 8.99. The molecule has 2 N–H and O–H groups in total. The molecule has 4 aliphatic rings. The predicted octanol–water partition coefficient (Wildman–Crippen LogP) is 2.45. The van der Waals surface area contributed by atoms with Crippen LogP contribution in [0.15, 0.2) is 18.2 Å². The van der Waals surface area contributed by atoms with Gasteiger partial charge in [-0.1, -0.05) is 31.7 Å². The van der Waals surface area contributed by atoms with Gasteiger partial charge >= 0.3 is 0 Å². The molecule has 0 aromatic heterocycles. The molecule has 1 atom stereocenters. The summed E-state index contributed by atoms with van der Waals surface area (Å²) in [6, 6.07) is 5.19. The van der Waals surface area contributed by atoms with Crippen LogP contribution in [0, 0.1) is 5.92 Å². The van der Waals surface area contributed by atoms with Gasteiger partial charge in [-0.2, -0.15) is 0 Å². The first kappa shape index (κ1) is 24.3. The molecule has 1 aliphatic carbocycles. The van der Waals surface area contributed by atoms with E-state index in [0.717, 1.165) is 49.9 Å². The van der Waals surface area contributed by atoms with E-state index in [9.17, 15) is 14.4 Å². The van der Waals surface area contributed by atoms with Crippen molar-refractivity contribution in [1.29, 1.82) is 0 Å². The number of carbonyl (C=O) groups is 3. The number of anilines is 1. The third-order valence-electron chi connectivity index (χ3n) is 8.34. The maximum absolute atomic E-state index is 13.0. The maximum Gasteiger partial charge on any atom is 0.255 e. The fourth-order valence-electron chi connectivity index (χ4n) is 6.24. The second-order valence-corrected chi connectivity index (χ2v) is 10.6. The molecule has 35 heavy (non-hydrogen) atoms. The molecule has 0 spiro atoms. The van der Waals surface area contributed by atoms with Crippen LogP contribution in [-0.4, -0.2) is 84.3 Å². The SMILES string of the molecule is O=C1CCC(N2Cc3c(NCCN4CCCN(CCC5CCCC5)CC4)cccc3C2=O)C(=O)N1. The Bertz CT molecular complexity index is 945. The summed E-state index contributed by atoms with van der Waals surface area (Å²) in [5.41, 5.74) is 2.59. The van der Waals surface area contributed by atoms with E-state index in [1.54, 1.807) is 4.90 Å². The Morgan fingerprint density at radius 3 is 2.46 bits per heavy atom. The zero-order valence-electron chi connectivity index (χ0n) is 20.8. The number of amides is 3. The van der Waals surface area contributed by atoms with Crippen molar-refractivity contribution in [2.24, 2.45) is 5.92 Å². The van der Waals surface area contributed by atoms with Gasteiger partial charge in [-0.25, -0.2) is 0 Å². The number of nitrogens with one attached hydrogen (secondary N) is 2. The number of carbonyl (C=O) groups excluding carboxylic acids is 3. The number of piperidine rings is 1. The van der Waals surface area contributed by atoms with Crippen molar-refractivity contribution < 1.29 is 14.4 Å². The fourth-order valence-corrected chi connectivity index (χ4v) is 6.24. The number of hydrogen-bond acceptors (Lipinski definition) is 6. The number of hydrogen-bond donors (Lipinski definition) is 2. The molecule has 190 valence electrons. The molecule has 1 unspecified atom stereocenters. The van der Waals surface area contributed by atoms with E-state index in [0.29, 0.717) is 18.5 Å². The van der Waals surface area contributed by atoms with Crippen molar-refractivity contribution in [2.45, 2.75) is 64.0 Å². The van der Waals surface area contributed by atoms with Gasteiger partial charge in [-0.05, 0) is 56.9 Å². The highest BCUT2D eigenvalue weighted by Crippen LogP contribution is 2.32. The first-order valence-corrected chi connectivity index (χ1v) is 13.5. The van der Waals surface area contributed by atoms with Crippen molar-refractivity contribution in [2.75, 3.05) is 51.1 Å². The lowest BCUT2D eigenvalue weighted by Crippen LogP contribution is -2.52. The molecule has 1 aromatic carbocycles. The lowest BCUT2D eigenvalue weighted by atomic mass is 10.0. The standard InChI is InChI=1S/C27H39N5O3/c33-25-10-9-24(26(34)29-25)32-19-22-21(27(32)35)7-3-8-23(22)28-12-16-31-14-4-13-30(17-18-31)15-11-20-5-1-2-6-20/h3,7-8,20,24,28H,1-2,4-6,9-19H2,(H,29,33,34). The minimum Gasteiger partial charge on any atom is -0.383 e. The summed E-state index contributed by atoms with van der Waals surface area (Å²) < 4.78 is 0. The first-order valence-electron chi connectivity index (χ1n) is 13.5. The van der Waals surface area contributed by atoms with Crippen LogP contribution in [0.4, 0.5) is 5.69 Å². The monoisotopic (exact) mass is 481 g/mol. The first-order chi connectivity index (χ1) is 17.1. The van der Waals surface area contributed by atoms with E-state index in [1.807, 2.05) is 18.2 Å². The molecule has 5 rings (SSSR count). The van der Waals surface area contributed by atoms with Crippen molar-refractivity contribution in [3.63, 3.8) is 0 Å². The zero-order chi connectivity index (χ0) is 24.2. The number of nitrogens with zero attached hydrogens (tertiary/aromatic N) is 3. The highest BCUT2D eigenvalue weighted by atomic mass is 16.2. The molecular formula is C27H39N5O3. The molecule has 3 amide bonds. The van der Waals surface area contributed by atoms with Crippen molar-refractivity contribution in [3.05, 3.63) is 29.3 Å². The van der Waals surface area contributed by atoms with Crippen LogP contribution in [0.1, 0.15) is 67.3 Å². The van der Waals surface area contributed by atoms with Crippen LogP contribution in [0.2, 0.25) is 0 Å². The Kier molecular flexibility index (Phi) is 7.68. The normalized spacial score (nSPS) is 24.5. The van der Waals surface area contributed by atoms with Gasteiger partial charge in [0.15, 0.2) is 0 Å². The number of benzene rings is 1. The average Bonchev–Trinajstić information content (AvgIpc) is 3.42. The van der Waals surface area contributed by atoms with Crippen LogP contribution in [0.25, 0.3) is 0 Å². The largest absolute Gasteiger partial charge is 0.383 e. The molecular weight excluding hydrogens is 442 g/mol. The van der Waals surface area contributed by atoms with Gasteiger partial charge < -0.3 is 20.0 Å². The Hall–Kier alpha value is -2.45. The topological polar surface area (TPSA) is 85.0 Å². The highest BCUT2D eigenvalue weighted by molar-refractivity contribution is 6.06. The Morgan fingerprint density at radius 2 is 1.69 bits per heavy atom. The van der Waals surface area contributed by atoms with Gasteiger partial charge in [0, 0.05) is 56.0 Å². The molecule has 1 saturated carbocycles. The third kappa shape index (κ3) is 5.70. The number of imide groups is 1. The summed E-state index contributed by atoms with van der Waals surface area (Å²) in [7, 11) is 0. The quantitative estimate of drug-likeness (QED) is 0.555. The minimum absolute atomic E-state index is 0.122. The third-order valence-corrected chi connectivity index (χ3v) is 8.34. The highest BCUT2D eigenvalue weighted by Gasteiger charge is 2.39. The fraction of sp³-hybridized carbons (Fsp3) is 0.667. The summed E-state index contributed by atoms with van der Waals surface area (Å²) in [5, 5.41) is 5.93. The van der Waals surface area contributed by atoms with Gasteiger partial charge in [-0.3, -0.25) is 19.7 Å². The predicted molar refractivity (Wildman–Crippen MR) is 135 cm³/mol. The van der Waals surface area contributed by atoms with E-state index < -0.39 is 6.04 Å². The van der Waals surface area contributed by atoms with E-state index in [4.69, 9.17) is 0 Å². The summed E-state index contributed by atoms with van der Waals surface area (Å²) in [5.74, 6) is 0.214. The van der Waals surface area contributed by atoms with Crippen LogP contribution in [-0.2, 0) is 16.1 Å². The lowest BCUT2D eigenvalue weighted by Gasteiger charge is -2.29. The van der Waals surface area contributed by atoms with Gasteiger partial charge in [-0.15, -0.1) is 0 Å². The Balaban J connectivity index is 1.11. The molecule has 0 bridgehead atoms. The minimum atomic E-state index is -0.575. The molecule has 8 nitrogen and oxygen atoms in total. The molecule has 0 radical (unpaired) electrons. The van der Waals surface area contributed by atoms with Gasteiger partial charge in [0.25, 0.3) is 5.91 Å². The summed E-state index contributed by atoms with van der Waals surface area (Å²) in [4.78, 5) is 43.7. The van der Waals surface area contributed by atoms with Crippen molar-refractivity contribution in [3.8, 4) is 0 Å². The van der Waals surface area contributed by atoms with Gasteiger partial charge in [0.2, 0.25) is 11.8 Å². The molecule has 8 heteroatoms. The summed E-state index contributed by atoms with van der Waals surface area (Å²) in [6.45, 7) is 8.07. The van der Waals surface area contributed by atoms with E-state index in [-0.39, 0.29) is 24.1 Å². The second-order valence-electron chi connectivity index (χ2n) is 10.6. The van der Waals surface area contributed by atoms with Crippen molar-refractivity contribution >= 4 is 23.4 Å². The van der Waals surface area contributed by atoms with Crippen LogP contribution in [0.5, 0.6) is 0 Å². The second kappa shape index (κ2) is 11.1. The van der Waals surface area contributed by atoms with E-state index >= 15 is 0 Å². The van der Waals surface area contributed by atoms with Crippen LogP contribution in [0.3, 0.4) is 0 Å².